The number of rotatable bonds is 5. The number of carbonyl (C=O) groups is 1. The van der Waals surface area contributed by atoms with Crippen LogP contribution in [0.15, 0.2) is 24.3 Å². The van der Waals surface area contributed by atoms with Gasteiger partial charge in [-0.2, -0.15) is 0 Å². The molecule has 2 rings (SSSR count). The molecule has 5 nitrogen and oxygen atoms in total. The SMILES string of the molecule is CS(=O)(=O)CCCC(=O)N1CCNCC1c1cccc(Cl)c1. The van der Waals surface area contributed by atoms with Gasteiger partial charge in [-0.15, -0.1) is 0 Å². The third-order valence-electron chi connectivity index (χ3n) is 3.70. The quantitative estimate of drug-likeness (QED) is 0.881. The topological polar surface area (TPSA) is 66.5 Å². The Morgan fingerprint density at radius 3 is 2.91 bits per heavy atom. The van der Waals surface area contributed by atoms with Gasteiger partial charge < -0.3 is 10.2 Å². The Labute approximate surface area is 136 Å². The predicted molar refractivity (Wildman–Crippen MR) is 87.7 cm³/mol. The lowest BCUT2D eigenvalue weighted by atomic mass is 10.0. The standard InChI is InChI=1S/C15H21ClN2O3S/c1-22(20,21)9-3-6-15(19)18-8-7-17-11-14(18)12-4-2-5-13(16)10-12/h2,4-5,10,14,17H,3,6-9,11H2,1H3. The van der Waals surface area contributed by atoms with Crippen LogP contribution in [0.4, 0.5) is 0 Å². The number of sulfone groups is 1. The highest BCUT2D eigenvalue weighted by atomic mass is 35.5. The zero-order valence-electron chi connectivity index (χ0n) is 12.6. The lowest BCUT2D eigenvalue weighted by molar-refractivity contribution is -0.134. The average molecular weight is 345 g/mol. The number of hydrogen-bond acceptors (Lipinski definition) is 4. The van der Waals surface area contributed by atoms with E-state index in [1.807, 2.05) is 23.1 Å². The van der Waals surface area contributed by atoms with Crippen molar-refractivity contribution in [3.8, 4) is 0 Å². The second-order valence-corrected chi connectivity index (χ2v) is 8.29. The highest BCUT2D eigenvalue weighted by molar-refractivity contribution is 7.90. The van der Waals surface area contributed by atoms with Crippen LogP contribution < -0.4 is 5.32 Å². The predicted octanol–water partition coefficient (Wildman–Crippen LogP) is 1.64. The summed E-state index contributed by atoms with van der Waals surface area (Å²) in [5, 5.41) is 3.93. The van der Waals surface area contributed by atoms with Crippen molar-refractivity contribution in [2.45, 2.75) is 18.9 Å². The Balaban J connectivity index is 2.04. The normalized spacial score (nSPS) is 19.2. The number of nitrogens with zero attached hydrogens (tertiary/aromatic N) is 1. The molecule has 1 atom stereocenters. The molecule has 0 saturated carbocycles. The Bertz CT molecular complexity index is 633. The molecule has 1 N–H and O–H groups in total. The van der Waals surface area contributed by atoms with Crippen LogP contribution in [0.3, 0.4) is 0 Å². The summed E-state index contributed by atoms with van der Waals surface area (Å²) in [5.74, 6) is 0.0438. The molecule has 0 spiro atoms. The Morgan fingerprint density at radius 1 is 1.45 bits per heavy atom. The highest BCUT2D eigenvalue weighted by Gasteiger charge is 2.27. The van der Waals surface area contributed by atoms with Crippen LogP contribution in [0.1, 0.15) is 24.4 Å². The fourth-order valence-electron chi connectivity index (χ4n) is 2.64. The molecular formula is C15H21ClN2O3S. The molecule has 0 bridgehead atoms. The van der Waals surface area contributed by atoms with Crippen molar-refractivity contribution in [1.82, 2.24) is 10.2 Å². The Morgan fingerprint density at radius 2 is 2.23 bits per heavy atom. The maximum atomic E-state index is 12.4. The lowest BCUT2D eigenvalue weighted by Gasteiger charge is -2.36. The summed E-state index contributed by atoms with van der Waals surface area (Å²) in [6.45, 7) is 2.04. The van der Waals surface area contributed by atoms with E-state index in [2.05, 4.69) is 5.32 Å². The molecule has 7 heteroatoms. The third kappa shape index (κ3) is 4.97. The van der Waals surface area contributed by atoms with E-state index in [1.54, 1.807) is 6.07 Å². The van der Waals surface area contributed by atoms with Crippen LogP contribution in [0.25, 0.3) is 0 Å². The molecule has 1 aromatic rings. The van der Waals surface area contributed by atoms with E-state index in [4.69, 9.17) is 11.6 Å². The minimum atomic E-state index is -3.02. The van der Waals surface area contributed by atoms with Crippen LogP contribution in [0.5, 0.6) is 0 Å². The van der Waals surface area contributed by atoms with Gasteiger partial charge in [0.25, 0.3) is 0 Å². The van der Waals surface area contributed by atoms with Gasteiger partial charge in [-0.05, 0) is 24.1 Å². The van der Waals surface area contributed by atoms with Crippen molar-refractivity contribution in [2.24, 2.45) is 0 Å². The van der Waals surface area contributed by atoms with Gasteiger partial charge in [0.15, 0.2) is 0 Å². The second kappa shape index (κ2) is 7.44. The first-order valence-corrected chi connectivity index (χ1v) is 9.74. The van der Waals surface area contributed by atoms with Crippen molar-refractivity contribution in [2.75, 3.05) is 31.6 Å². The van der Waals surface area contributed by atoms with Crippen molar-refractivity contribution in [3.05, 3.63) is 34.9 Å². The summed E-state index contributed by atoms with van der Waals surface area (Å²) in [6.07, 6.45) is 1.81. The Kier molecular flexibility index (Phi) is 5.83. The molecule has 1 aliphatic heterocycles. The summed E-state index contributed by atoms with van der Waals surface area (Å²) in [4.78, 5) is 14.2. The zero-order valence-corrected chi connectivity index (χ0v) is 14.2. The molecule has 1 fully saturated rings. The van der Waals surface area contributed by atoms with E-state index >= 15 is 0 Å². The summed E-state index contributed by atoms with van der Waals surface area (Å²) in [7, 11) is -3.02. The average Bonchev–Trinajstić information content (AvgIpc) is 2.46. The minimum absolute atomic E-state index is 0.00451. The van der Waals surface area contributed by atoms with E-state index in [1.165, 1.54) is 6.26 Å². The van der Waals surface area contributed by atoms with Crippen LogP contribution in [0.2, 0.25) is 5.02 Å². The van der Waals surface area contributed by atoms with Crippen LogP contribution in [-0.2, 0) is 14.6 Å². The molecule has 1 aliphatic rings. The number of hydrogen-bond donors (Lipinski definition) is 1. The monoisotopic (exact) mass is 344 g/mol. The van der Waals surface area contributed by atoms with Gasteiger partial charge in [0, 0.05) is 37.3 Å². The van der Waals surface area contributed by atoms with Crippen molar-refractivity contribution < 1.29 is 13.2 Å². The molecular weight excluding hydrogens is 324 g/mol. The van der Waals surface area contributed by atoms with Gasteiger partial charge in [0.1, 0.15) is 9.84 Å². The third-order valence-corrected chi connectivity index (χ3v) is 4.97. The van der Waals surface area contributed by atoms with Gasteiger partial charge in [0.05, 0.1) is 11.8 Å². The van der Waals surface area contributed by atoms with Gasteiger partial charge in [-0.1, -0.05) is 23.7 Å². The molecule has 1 amide bonds. The number of carbonyl (C=O) groups excluding carboxylic acids is 1. The van der Waals surface area contributed by atoms with E-state index in [0.29, 0.717) is 24.5 Å². The number of nitrogens with one attached hydrogen (secondary N) is 1. The van der Waals surface area contributed by atoms with Crippen molar-refractivity contribution in [1.29, 1.82) is 0 Å². The smallest absolute Gasteiger partial charge is 0.223 e. The molecule has 1 saturated heterocycles. The molecule has 0 aliphatic carbocycles. The minimum Gasteiger partial charge on any atom is -0.333 e. The molecule has 1 heterocycles. The van der Waals surface area contributed by atoms with Gasteiger partial charge >= 0.3 is 0 Å². The first-order chi connectivity index (χ1) is 10.4. The van der Waals surface area contributed by atoms with E-state index in [9.17, 15) is 13.2 Å². The second-order valence-electron chi connectivity index (χ2n) is 5.60. The van der Waals surface area contributed by atoms with Crippen molar-refractivity contribution >= 4 is 27.3 Å². The number of amides is 1. The maximum Gasteiger partial charge on any atom is 0.223 e. The van der Waals surface area contributed by atoms with Gasteiger partial charge in [-0.25, -0.2) is 8.42 Å². The largest absolute Gasteiger partial charge is 0.333 e. The van der Waals surface area contributed by atoms with Crippen LogP contribution >= 0.6 is 11.6 Å². The first-order valence-electron chi connectivity index (χ1n) is 7.30. The molecule has 1 aromatic carbocycles. The van der Waals surface area contributed by atoms with Crippen molar-refractivity contribution in [3.63, 3.8) is 0 Å². The molecule has 122 valence electrons. The molecule has 1 unspecified atom stereocenters. The maximum absolute atomic E-state index is 12.4. The highest BCUT2D eigenvalue weighted by Crippen LogP contribution is 2.25. The molecule has 0 aromatic heterocycles. The lowest BCUT2D eigenvalue weighted by Crippen LogP contribution is -2.48. The summed E-state index contributed by atoms with van der Waals surface area (Å²) >= 11 is 6.03. The summed E-state index contributed by atoms with van der Waals surface area (Å²) in [6, 6.07) is 7.45. The fourth-order valence-corrected chi connectivity index (χ4v) is 3.51. The van der Waals surface area contributed by atoms with E-state index in [0.717, 1.165) is 12.1 Å². The number of halogens is 1. The zero-order chi connectivity index (χ0) is 16.2. The van der Waals surface area contributed by atoms with E-state index < -0.39 is 9.84 Å². The van der Waals surface area contributed by atoms with Gasteiger partial charge in [0.2, 0.25) is 5.91 Å². The first kappa shape index (κ1) is 17.2. The van der Waals surface area contributed by atoms with Crippen LogP contribution in [-0.4, -0.2) is 50.9 Å². The Hall–Kier alpha value is -1.11. The van der Waals surface area contributed by atoms with Gasteiger partial charge in [-0.3, -0.25) is 4.79 Å². The molecule has 0 radical (unpaired) electrons. The fraction of sp³-hybridized carbons (Fsp3) is 0.533. The molecule has 22 heavy (non-hydrogen) atoms. The summed E-state index contributed by atoms with van der Waals surface area (Å²) < 4.78 is 22.3. The summed E-state index contributed by atoms with van der Waals surface area (Å²) in [5.41, 5.74) is 0.996. The number of piperazine rings is 1. The van der Waals surface area contributed by atoms with Crippen LogP contribution in [0, 0.1) is 0 Å². The number of benzene rings is 1. The van der Waals surface area contributed by atoms with E-state index in [-0.39, 0.29) is 24.1 Å².